The van der Waals surface area contributed by atoms with Crippen LogP contribution in [0.25, 0.3) is 17.0 Å². The maximum atomic E-state index is 12.4. The normalized spacial score (nSPS) is 12.4. The lowest BCUT2D eigenvalue weighted by Gasteiger charge is -2.17. The molecule has 1 amide bonds. The van der Waals surface area contributed by atoms with Gasteiger partial charge in [-0.05, 0) is 37.1 Å². The molecule has 0 fully saturated rings. The minimum absolute atomic E-state index is 0.133. The molecule has 1 atom stereocenters. The number of pyridine rings is 1. The highest BCUT2D eigenvalue weighted by Gasteiger charge is 2.11. The summed E-state index contributed by atoms with van der Waals surface area (Å²) in [5, 5.41) is 7.58. The molecule has 9 heteroatoms. The van der Waals surface area contributed by atoms with Gasteiger partial charge in [0, 0.05) is 24.1 Å². The topological polar surface area (TPSA) is 102 Å². The smallest absolute Gasteiger partial charge is 0.307 e. The molecule has 0 aliphatic carbocycles. The van der Waals surface area contributed by atoms with Crippen LogP contribution in [0.3, 0.4) is 0 Å². The first-order valence-corrected chi connectivity index (χ1v) is 12.6. The van der Waals surface area contributed by atoms with Gasteiger partial charge in [-0.1, -0.05) is 67.2 Å². The number of ether oxygens (including phenoxy) is 2. The van der Waals surface area contributed by atoms with Crippen molar-refractivity contribution < 1.29 is 19.1 Å². The van der Waals surface area contributed by atoms with E-state index >= 15 is 0 Å². The molecule has 0 aliphatic heterocycles. The van der Waals surface area contributed by atoms with Crippen molar-refractivity contribution >= 4 is 51.5 Å². The number of fused-ring (bicyclic) bond motifs is 1. The van der Waals surface area contributed by atoms with Gasteiger partial charge in [-0.15, -0.1) is 0 Å². The molecule has 0 saturated carbocycles. The van der Waals surface area contributed by atoms with Crippen LogP contribution in [0.4, 0.5) is 5.69 Å². The summed E-state index contributed by atoms with van der Waals surface area (Å²) in [6, 6.07) is 19.2. The van der Waals surface area contributed by atoms with Crippen molar-refractivity contribution in [2.45, 2.75) is 32.9 Å². The van der Waals surface area contributed by atoms with Gasteiger partial charge >= 0.3 is 5.97 Å². The van der Waals surface area contributed by atoms with E-state index in [1.54, 1.807) is 12.3 Å². The Labute approximate surface area is 215 Å². The Hall–Kier alpha value is -3.69. The van der Waals surface area contributed by atoms with Gasteiger partial charge in [-0.3, -0.25) is 14.6 Å². The number of carbonyl (C=O) groups excluding carboxylic acids is 2. The maximum Gasteiger partial charge on any atom is 0.307 e. The molecule has 1 unspecified atom stereocenters. The number of hydrogen-bond donors (Lipinski definition) is 2. The van der Waals surface area contributed by atoms with Crippen LogP contribution < -0.4 is 10.6 Å². The average molecular weight is 507 g/mol. The Bertz CT molecular complexity index is 1200. The van der Waals surface area contributed by atoms with Gasteiger partial charge in [0.25, 0.3) is 0 Å². The van der Waals surface area contributed by atoms with Crippen LogP contribution in [0.2, 0.25) is 0 Å². The van der Waals surface area contributed by atoms with Gasteiger partial charge in [0.1, 0.15) is 5.94 Å². The second kappa shape index (κ2) is 14.7. The third-order valence-corrected chi connectivity index (χ3v) is 5.56. The lowest BCUT2D eigenvalue weighted by Crippen LogP contribution is -2.44. The predicted molar refractivity (Wildman–Crippen MR) is 144 cm³/mol. The molecule has 0 saturated heterocycles. The zero-order valence-electron chi connectivity index (χ0n) is 20.3. The molecule has 0 aliphatic rings. The fourth-order valence-corrected chi connectivity index (χ4v) is 3.81. The first kappa shape index (κ1) is 26.9. The van der Waals surface area contributed by atoms with E-state index in [0.717, 1.165) is 22.9 Å². The standard InChI is InChI=1S/C27H30N4O4S/c1-3-9-25(33)35-18-34-19-36-27(31-23-14-7-12-22-13-8-17-28-26(22)23)30-20(2)29-24(32)16-15-21-10-5-4-6-11-21/h4-8,10-17,20H,3,9,18-19H2,1-2H3,(H,29,32)(H,30,31)/b16-15+. The molecule has 8 nitrogen and oxygen atoms in total. The first-order chi connectivity index (χ1) is 17.5. The van der Waals surface area contributed by atoms with E-state index in [2.05, 4.69) is 15.6 Å². The zero-order chi connectivity index (χ0) is 25.6. The zero-order valence-corrected chi connectivity index (χ0v) is 21.2. The number of nitrogens with one attached hydrogen (secondary N) is 2. The molecule has 3 rings (SSSR count). The minimum Gasteiger partial charge on any atom is -0.438 e. The number of para-hydroxylation sites is 1. The summed E-state index contributed by atoms with van der Waals surface area (Å²) in [5.41, 5.74) is 2.38. The molecule has 1 aromatic heterocycles. The SMILES string of the molecule is CCCC(=O)OCOCS/C(=N/c1cccc2cccnc12)NC(C)NC(=O)/C=C/c1ccccc1. The fourth-order valence-electron chi connectivity index (χ4n) is 3.13. The van der Waals surface area contributed by atoms with E-state index in [-0.39, 0.29) is 24.6 Å². The Morgan fingerprint density at radius 3 is 2.69 bits per heavy atom. The van der Waals surface area contributed by atoms with Gasteiger partial charge in [0.15, 0.2) is 12.0 Å². The van der Waals surface area contributed by atoms with Gasteiger partial charge < -0.3 is 20.1 Å². The molecule has 0 bridgehead atoms. The number of aliphatic imine (C=N–C) groups is 1. The molecule has 2 aromatic carbocycles. The highest BCUT2D eigenvalue weighted by Crippen LogP contribution is 2.24. The molecule has 0 radical (unpaired) electrons. The number of nitrogens with zero attached hydrogens (tertiary/aromatic N) is 2. The summed E-state index contributed by atoms with van der Waals surface area (Å²) in [5.74, 6) is -0.344. The highest BCUT2D eigenvalue weighted by molar-refractivity contribution is 8.13. The van der Waals surface area contributed by atoms with Gasteiger partial charge in [-0.2, -0.15) is 0 Å². The van der Waals surface area contributed by atoms with Crippen LogP contribution in [0.15, 0.2) is 77.9 Å². The highest BCUT2D eigenvalue weighted by atomic mass is 32.2. The van der Waals surface area contributed by atoms with Crippen molar-refractivity contribution in [2.24, 2.45) is 4.99 Å². The third-order valence-electron chi connectivity index (χ3n) is 4.80. The number of aromatic nitrogens is 1. The van der Waals surface area contributed by atoms with Gasteiger partial charge in [0.2, 0.25) is 5.91 Å². The summed E-state index contributed by atoms with van der Waals surface area (Å²) in [4.78, 5) is 33.1. The predicted octanol–water partition coefficient (Wildman–Crippen LogP) is 5.00. The fraction of sp³-hybridized carbons (Fsp3) is 0.259. The van der Waals surface area contributed by atoms with Crippen molar-refractivity contribution in [3.8, 4) is 0 Å². The quantitative estimate of drug-likeness (QED) is 0.0943. The van der Waals surface area contributed by atoms with E-state index in [0.29, 0.717) is 17.3 Å². The summed E-state index contributed by atoms with van der Waals surface area (Å²) in [6.45, 7) is 3.59. The summed E-state index contributed by atoms with van der Waals surface area (Å²) in [6.07, 6.45) is 5.61. The van der Waals surface area contributed by atoms with E-state index < -0.39 is 6.17 Å². The summed E-state index contributed by atoms with van der Waals surface area (Å²) >= 11 is 1.28. The molecule has 0 spiro atoms. The maximum absolute atomic E-state index is 12.4. The largest absolute Gasteiger partial charge is 0.438 e. The number of esters is 1. The molecule has 188 valence electrons. The number of thioether (sulfide) groups is 1. The number of hydrogen-bond acceptors (Lipinski definition) is 7. The minimum atomic E-state index is -0.422. The van der Waals surface area contributed by atoms with Crippen LogP contribution in [0, 0.1) is 0 Å². The van der Waals surface area contributed by atoms with E-state index in [9.17, 15) is 9.59 Å². The van der Waals surface area contributed by atoms with E-state index in [4.69, 9.17) is 14.5 Å². The lowest BCUT2D eigenvalue weighted by atomic mass is 10.2. The van der Waals surface area contributed by atoms with Crippen molar-refractivity contribution in [3.63, 3.8) is 0 Å². The number of amides is 1. The summed E-state index contributed by atoms with van der Waals surface area (Å²) < 4.78 is 10.5. The first-order valence-electron chi connectivity index (χ1n) is 11.6. The molecule has 2 N–H and O–H groups in total. The van der Waals surface area contributed by atoms with Crippen LogP contribution in [0.5, 0.6) is 0 Å². The van der Waals surface area contributed by atoms with Gasteiger partial charge in [-0.25, -0.2) is 4.99 Å². The van der Waals surface area contributed by atoms with Crippen LogP contribution in [0.1, 0.15) is 32.3 Å². The number of carbonyl (C=O) groups is 2. The average Bonchev–Trinajstić information content (AvgIpc) is 2.88. The van der Waals surface area contributed by atoms with E-state index in [1.165, 1.54) is 17.8 Å². The Balaban J connectivity index is 1.65. The number of benzene rings is 2. The molecule has 1 heterocycles. The van der Waals surface area contributed by atoms with E-state index in [1.807, 2.05) is 74.5 Å². The summed E-state index contributed by atoms with van der Waals surface area (Å²) in [7, 11) is 0. The Kier molecular flexibility index (Phi) is 10.9. The monoisotopic (exact) mass is 506 g/mol. The number of rotatable bonds is 11. The van der Waals surface area contributed by atoms with Crippen LogP contribution in [-0.4, -0.2) is 40.9 Å². The molecular weight excluding hydrogens is 476 g/mol. The molecular formula is C27H30N4O4S. The molecule has 36 heavy (non-hydrogen) atoms. The second-order valence-corrected chi connectivity index (χ2v) is 8.65. The van der Waals surface area contributed by atoms with Crippen molar-refractivity contribution in [2.75, 3.05) is 12.7 Å². The molecule has 3 aromatic rings. The van der Waals surface area contributed by atoms with Crippen molar-refractivity contribution in [1.29, 1.82) is 0 Å². The Morgan fingerprint density at radius 2 is 1.89 bits per heavy atom. The number of amidine groups is 1. The van der Waals surface area contributed by atoms with Crippen molar-refractivity contribution in [1.82, 2.24) is 15.6 Å². The Morgan fingerprint density at radius 1 is 1.08 bits per heavy atom. The van der Waals surface area contributed by atoms with Gasteiger partial charge in [0.05, 0.1) is 17.4 Å². The third kappa shape index (κ3) is 9.16. The van der Waals surface area contributed by atoms with Crippen molar-refractivity contribution in [3.05, 3.63) is 78.5 Å². The van der Waals surface area contributed by atoms with Crippen LogP contribution in [-0.2, 0) is 19.1 Å². The van der Waals surface area contributed by atoms with Crippen LogP contribution >= 0.6 is 11.8 Å². The lowest BCUT2D eigenvalue weighted by molar-refractivity contribution is -0.154. The second-order valence-electron chi connectivity index (χ2n) is 7.74.